The van der Waals surface area contributed by atoms with Crippen LogP contribution >= 0.6 is 0 Å². The normalized spacial score (nSPS) is 38.6. The zero-order chi connectivity index (χ0) is 13.7. The fourth-order valence-electron chi connectivity index (χ4n) is 5.63. The molecule has 0 nitrogen and oxygen atoms in total. The van der Waals surface area contributed by atoms with E-state index in [2.05, 4.69) is 43.5 Å². The monoisotopic (exact) mass is 264 g/mol. The van der Waals surface area contributed by atoms with Crippen molar-refractivity contribution in [2.24, 2.45) is 17.3 Å². The Bertz CT molecular complexity index is 590. The number of rotatable bonds is 0. The summed E-state index contributed by atoms with van der Waals surface area (Å²) in [5.41, 5.74) is 8.51. The number of benzene rings is 1. The van der Waals surface area contributed by atoms with E-state index in [0.717, 1.165) is 17.8 Å². The number of hydrogen-bond acceptors (Lipinski definition) is 0. The summed E-state index contributed by atoms with van der Waals surface area (Å²) < 4.78 is 0. The van der Waals surface area contributed by atoms with Crippen LogP contribution in [0.5, 0.6) is 0 Å². The lowest BCUT2D eigenvalue weighted by Crippen LogP contribution is -2.40. The third-order valence-electron chi connectivity index (χ3n) is 6.64. The van der Waals surface area contributed by atoms with Gasteiger partial charge in [-0.1, -0.05) is 37.8 Å². The standard InChI is InChI=1S/C20H24/c1-3-15-9-11-19-18-10-8-14-6-4-5-7-16(14)17(18)12-13-20(15,19)2/h4-7,17-19H,1,8-13H2,2H3. The molecule has 1 aromatic rings. The molecule has 0 aromatic heterocycles. The van der Waals surface area contributed by atoms with Crippen molar-refractivity contribution in [2.45, 2.75) is 51.4 Å². The molecule has 0 bridgehead atoms. The third-order valence-corrected chi connectivity index (χ3v) is 6.64. The predicted molar refractivity (Wildman–Crippen MR) is 83.7 cm³/mol. The van der Waals surface area contributed by atoms with Crippen LogP contribution in [0.15, 0.2) is 42.1 Å². The highest BCUT2D eigenvalue weighted by atomic mass is 14.6. The van der Waals surface area contributed by atoms with Gasteiger partial charge in [-0.25, -0.2) is 0 Å². The molecule has 0 spiro atoms. The Morgan fingerprint density at radius 1 is 1.15 bits per heavy atom. The van der Waals surface area contributed by atoms with E-state index in [0.29, 0.717) is 5.41 Å². The first-order valence-corrected chi connectivity index (χ1v) is 8.21. The minimum Gasteiger partial charge on any atom is -0.129 e. The second kappa shape index (κ2) is 4.37. The second-order valence-corrected chi connectivity index (χ2v) is 7.26. The van der Waals surface area contributed by atoms with Crippen LogP contribution in [-0.2, 0) is 6.42 Å². The first-order valence-electron chi connectivity index (χ1n) is 8.21. The van der Waals surface area contributed by atoms with Crippen molar-refractivity contribution in [3.63, 3.8) is 0 Å². The van der Waals surface area contributed by atoms with Gasteiger partial charge in [-0.3, -0.25) is 0 Å². The molecule has 20 heavy (non-hydrogen) atoms. The summed E-state index contributed by atoms with van der Waals surface area (Å²) >= 11 is 0. The van der Waals surface area contributed by atoms with E-state index in [1.54, 1.807) is 11.1 Å². The highest BCUT2D eigenvalue weighted by Gasteiger charge is 2.52. The lowest BCUT2D eigenvalue weighted by molar-refractivity contribution is 0.0816. The van der Waals surface area contributed by atoms with Crippen LogP contribution in [0.3, 0.4) is 0 Å². The van der Waals surface area contributed by atoms with E-state index in [1.165, 1.54) is 44.1 Å². The van der Waals surface area contributed by atoms with Crippen molar-refractivity contribution in [1.82, 2.24) is 0 Å². The molecule has 3 aliphatic carbocycles. The van der Waals surface area contributed by atoms with E-state index >= 15 is 0 Å². The van der Waals surface area contributed by atoms with Crippen LogP contribution < -0.4 is 0 Å². The summed E-state index contributed by atoms with van der Waals surface area (Å²) in [5, 5.41) is 0. The Morgan fingerprint density at radius 3 is 2.85 bits per heavy atom. The van der Waals surface area contributed by atoms with E-state index in [1.807, 2.05) is 0 Å². The molecule has 0 amide bonds. The zero-order valence-corrected chi connectivity index (χ0v) is 12.5. The maximum absolute atomic E-state index is 3.96. The topological polar surface area (TPSA) is 0 Å². The SMILES string of the molecule is C=C=C1CCC2C3CCc4ccccc4C3CCC12C. The van der Waals surface area contributed by atoms with Gasteiger partial charge in [0.2, 0.25) is 0 Å². The van der Waals surface area contributed by atoms with Crippen molar-refractivity contribution in [2.75, 3.05) is 0 Å². The molecule has 0 aliphatic heterocycles. The van der Waals surface area contributed by atoms with Gasteiger partial charge in [0, 0.05) is 0 Å². The molecular formula is C20H24. The number of fused-ring (bicyclic) bond motifs is 5. The quantitative estimate of drug-likeness (QED) is 0.561. The van der Waals surface area contributed by atoms with Crippen LogP contribution in [0, 0.1) is 17.3 Å². The van der Waals surface area contributed by atoms with Crippen LogP contribution in [-0.4, -0.2) is 0 Å². The van der Waals surface area contributed by atoms with E-state index in [4.69, 9.17) is 0 Å². The molecule has 4 rings (SSSR count). The molecule has 0 saturated heterocycles. The minimum absolute atomic E-state index is 0.412. The van der Waals surface area contributed by atoms with Gasteiger partial charge in [-0.15, -0.1) is 5.73 Å². The van der Waals surface area contributed by atoms with Gasteiger partial charge in [-0.2, -0.15) is 0 Å². The van der Waals surface area contributed by atoms with Gasteiger partial charge < -0.3 is 0 Å². The fourth-order valence-corrected chi connectivity index (χ4v) is 5.63. The molecule has 1 aromatic carbocycles. The summed E-state index contributed by atoms with van der Waals surface area (Å²) in [6, 6.07) is 9.19. The molecule has 0 N–H and O–H groups in total. The average Bonchev–Trinajstić information content (AvgIpc) is 2.83. The fraction of sp³-hybridized carbons (Fsp3) is 0.550. The molecule has 4 unspecified atom stereocenters. The van der Waals surface area contributed by atoms with Crippen LogP contribution in [0.2, 0.25) is 0 Å². The zero-order valence-electron chi connectivity index (χ0n) is 12.5. The summed E-state index contributed by atoms with van der Waals surface area (Å²) in [6.45, 7) is 6.45. The Morgan fingerprint density at radius 2 is 2.00 bits per heavy atom. The molecule has 4 atom stereocenters. The Kier molecular flexibility index (Phi) is 2.72. The first-order chi connectivity index (χ1) is 9.74. The van der Waals surface area contributed by atoms with E-state index in [-0.39, 0.29) is 0 Å². The van der Waals surface area contributed by atoms with Gasteiger partial charge >= 0.3 is 0 Å². The van der Waals surface area contributed by atoms with Crippen molar-refractivity contribution in [3.05, 3.63) is 53.3 Å². The Balaban J connectivity index is 1.74. The molecule has 3 aliphatic rings. The van der Waals surface area contributed by atoms with Gasteiger partial charge in [0.15, 0.2) is 0 Å². The maximum atomic E-state index is 3.96. The number of aryl methyl sites for hydroxylation is 1. The largest absolute Gasteiger partial charge is 0.129 e. The van der Waals surface area contributed by atoms with Gasteiger partial charge in [-0.05, 0) is 78.4 Å². The summed E-state index contributed by atoms with van der Waals surface area (Å²) in [5.74, 6) is 2.59. The van der Waals surface area contributed by atoms with Crippen molar-refractivity contribution in [3.8, 4) is 0 Å². The summed E-state index contributed by atoms with van der Waals surface area (Å²) in [4.78, 5) is 0. The first kappa shape index (κ1) is 12.5. The van der Waals surface area contributed by atoms with Crippen LogP contribution in [0.4, 0.5) is 0 Å². The molecular weight excluding hydrogens is 240 g/mol. The van der Waals surface area contributed by atoms with Crippen molar-refractivity contribution >= 4 is 0 Å². The lowest BCUT2D eigenvalue weighted by atomic mass is 9.55. The summed E-state index contributed by atoms with van der Waals surface area (Å²) in [6.07, 6.45) is 8.00. The summed E-state index contributed by atoms with van der Waals surface area (Å²) in [7, 11) is 0. The molecule has 2 saturated carbocycles. The second-order valence-electron chi connectivity index (χ2n) is 7.26. The van der Waals surface area contributed by atoms with Crippen LogP contribution in [0.1, 0.15) is 56.1 Å². The molecule has 104 valence electrons. The molecule has 0 radical (unpaired) electrons. The van der Waals surface area contributed by atoms with Crippen molar-refractivity contribution in [1.29, 1.82) is 0 Å². The van der Waals surface area contributed by atoms with Crippen molar-refractivity contribution < 1.29 is 0 Å². The maximum Gasteiger partial charge on any atom is -0.000935 e. The van der Waals surface area contributed by atoms with E-state index in [9.17, 15) is 0 Å². The minimum atomic E-state index is 0.412. The number of allylic oxidation sites excluding steroid dienone is 1. The Labute approximate surface area is 122 Å². The highest BCUT2D eigenvalue weighted by molar-refractivity contribution is 5.36. The smallest absolute Gasteiger partial charge is 0.000935 e. The molecule has 0 heterocycles. The van der Waals surface area contributed by atoms with Crippen LogP contribution in [0.25, 0.3) is 0 Å². The third kappa shape index (κ3) is 1.55. The average molecular weight is 264 g/mol. The highest BCUT2D eigenvalue weighted by Crippen LogP contribution is 2.62. The van der Waals surface area contributed by atoms with E-state index < -0.39 is 0 Å². The lowest BCUT2D eigenvalue weighted by Gasteiger charge is -2.49. The van der Waals surface area contributed by atoms with Gasteiger partial charge in [0.1, 0.15) is 0 Å². The molecule has 0 heteroatoms. The van der Waals surface area contributed by atoms with Gasteiger partial charge in [0.25, 0.3) is 0 Å². The van der Waals surface area contributed by atoms with Gasteiger partial charge in [0.05, 0.1) is 0 Å². The predicted octanol–water partition coefficient (Wildman–Crippen LogP) is 5.25. The Hall–Kier alpha value is -1.26. The number of hydrogen-bond donors (Lipinski definition) is 0. The molecule has 2 fully saturated rings.